The SMILES string of the molecule is N#Cc1cn(-c2ccc(C(=O)O)cc2)c2ccc(-c3cccc(Cl)c3)cc12. The molecule has 5 heteroatoms. The Balaban J connectivity index is 1.86. The molecule has 0 bridgehead atoms. The van der Waals surface area contributed by atoms with Gasteiger partial charge >= 0.3 is 5.97 Å². The number of benzene rings is 3. The molecule has 1 heterocycles. The second-order valence-electron chi connectivity index (χ2n) is 6.12. The van der Waals surface area contributed by atoms with E-state index in [1.54, 1.807) is 30.5 Å². The maximum absolute atomic E-state index is 11.0. The fraction of sp³-hybridized carbons (Fsp3) is 0. The molecule has 4 aromatic rings. The molecule has 0 aliphatic heterocycles. The van der Waals surface area contributed by atoms with Gasteiger partial charge in [-0.15, -0.1) is 0 Å². The van der Waals surface area contributed by atoms with Gasteiger partial charge in [-0.05, 0) is 59.7 Å². The van der Waals surface area contributed by atoms with Gasteiger partial charge in [-0.1, -0.05) is 29.8 Å². The van der Waals surface area contributed by atoms with Crippen molar-refractivity contribution in [3.63, 3.8) is 0 Å². The molecule has 0 atom stereocenters. The molecule has 0 spiro atoms. The number of rotatable bonds is 3. The highest BCUT2D eigenvalue weighted by atomic mass is 35.5. The largest absolute Gasteiger partial charge is 0.478 e. The number of carbonyl (C=O) groups is 1. The number of nitriles is 1. The van der Waals surface area contributed by atoms with E-state index < -0.39 is 5.97 Å². The quantitative estimate of drug-likeness (QED) is 0.514. The predicted octanol–water partition coefficient (Wildman–Crippen LogP) is 5.52. The van der Waals surface area contributed by atoms with Gasteiger partial charge in [-0.3, -0.25) is 0 Å². The Bertz CT molecular complexity index is 1220. The van der Waals surface area contributed by atoms with Crippen LogP contribution >= 0.6 is 11.6 Å². The average Bonchev–Trinajstić information content (AvgIpc) is 3.06. The molecule has 0 aliphatic carbocycles. The minimum atomic E-state index is -0.970. The minimum absolute atomic E-state index is 0.221. The van der Waals surface area contributed by atoms with Crippen molar-refractivity contribution in [2.24, 2.45) is 0 Å². The summed E-state index contributed by atoms with van der Waals surface area (Å²) < 4.78 is 1.89. The molecule has 1 aromatic heterocycles. The Morgan fingerprint density at radius 1 is 1.00 bits per heavy atom. The van der Waals surface area contributed by atoms with Crippen LogP contribution in [0.5, 0.6) is 0 Å². The van der Waals surface area contributed by atoms with Crippen LogP contribution in [0.25, 0.3) is 27.7 Å². The summed E-state index contributed by atoms with van der Waals surface area (Å²) in [6.45, 7) is 0. The third kappa shape index (κ3) is 3.05. The lowest BCUT2D eigenvalue weighted by Crippen LogP contribution is -1.97. The molecule has 0 amide bonds. The van der Waals surface area contributed by atoms with E-state index in [2.05, 4.69) is 6.07 Å². The van der Waals surface area contributed by atoms with Gasteiger partial charge in [0.25, 0.3) is 0 Å². The van der Waals surface area contributed by atoms with E-state index in [4.69, 9.17) is 16.7 Å². The summed E-state index contributed by atoms with van der Waals surface area (Å²) in [5.41, 5.74) is 4.39. The molecule has 0 unspecified atom stereocenters. The fourth-order valence-corrected chi connectivity index (χ4v) is 3.34. The Hall–Kier alpha value is -3.55. The molecule has 0 fully saturated rings. The smallest absolute Gasteiger partial charge is 0.335 e. The van der Waals surface area contributed by atoms with Crippen LogP contribution in [0.1, 0.15) is 15.9 Å². The monoisotopic (exact) mass is 372 g/mol. The molecule has 0 radical (unpaired) electrons. The highest BCUT2D eigenvalue weighted by molar-refractivity contribution is 6.30. The van der Waals surface area contributed by atoms with Gasteiger partial charge in [-0.25, -0.2) is 4.79 Å². The first-order valence-corrected chi connectivity index (χ1v) is 8.59. The van der Waals surface area contributed by atoms with Crippen LogP contribution in [0.15, 0.2) is 72.9 Å². The summed E-state index contributed by atoms with van der Waals surface area (Å²) >= 11 is 6.09. The topological polar surface area (TPSA) is 66.0 Å². The van der Waals surface area contributed by atoms with Crippen LogP contribution in [0, 0.1) is 11.3 Å². The van der Waals surface area contributed by atoms with E-state index in [1.807, 2.05) is 47.0 Å². The zero-order valence-electron chi connectivity index (χ0n) is 14.1. The number of carboxylic acids is 1. The van der Waals surface area contributed by atoms with Crippen LogP contribution < -0.4 is 0 Å². The minimum Gasteiger partial charge on any atom is -0.478 e. The molecule has 4 nitrogen and oxygen atoms in total. The highest BCUT2D eigenvalue weighted by Gasteiger charge is 2.12. The summed E-state index contributed by atoms with van der Waals surface area (Å²) in [6, 6.07) is 22.3. The third-order valence-electron chi connectivity index (χ3n) is 4.48. The Kier molecular flexibility index (Phi) is 4.15. The molecule has 0 aliphatic rings. The van der Waals surface area contributed by atoms with Crippen molar-refractivity contribution < 1.29 is 9.90 Å². The van der Waals surface area contributed by atoms with Gasteiger partial charge in [-0.2, -0.15) is 5.26 Å². The fourth-order valence-electron chi connectivity index (χ4n) is 3.14. The average molecular weight is 373 g/mol. The number of nitrogens with zero attached hydrogens (tertiary/aromatic N) is 2. The van der Waals surface area contributed by atoms with Crippen LogP contribution in [0.4, 0.5) is 0 Å². The highest BCUT2D eigenvalue weighted by Crippen LogP contribution is 2.30. The number of hydrogen-bond acceptors (Lipinski definition) is 2. The lowest BCUT2D eigenvalue weighted by molar-refractivity contribution is 0.0697. The van der Waals surface area contributed by atoms with Gasteiger partial charge in [0.1, 0.15) is 6.07 Å². The van der Waals surface area contributed by atoms with Crippen molar-refractivity contribution in [2.45, 2.75) is 0 Å². The second-order valence-corrected chi connectivity index (χ2v) is 6.56. The molecule has 130 valence electrons. The van der Waals surface area contributed by atoms with E-state index in [-0.39, 0.29) is 5.56 Å². The summed E-state index contributed by atoms with van der Waals surface area (Å²) in [5, 5.41) is 20.1. The summed E-state index contributed by atoms with van der Waals surface area (Å²) in [7, 11) is 0. The van der Waals surface area contributed by atoms with Gasteiger partial charge in [0.15, 0.2) is 0 Å². The van der Waals surface area contributed by atoms with Crippen LogP contribution in [0.3, 0.4) is 0 Å². The molecule has 1 N–H and O–H groups in total. The number of aromatic carboxylic acids is 1. The van der Waals surface area contributed by atoms with Gasteiger partial charge < -0.3 is 9.67 Å². The summed E-state index contributed by atoms with van der Waals surface area (Å²) in [6.07, 6.45) is 1.77. The van der Waals surface area contributed by atoms with Crippen molar-refractivity contribution >= 4 is 28.5 Å². The maximum atomic E-state index is 11.0. The van der Waals surface area contributed by atoms with E-state index >= 15 is 0 Å². The van der Waals surface area contributed by atoms with Crippen molar-refractivity contribution in [2.75, 3.05) is 0 Å². The zero-order valence-corrected chi connectivity index (χ0v) is 14.8. The number of halogens is 1. The van der Waals surface area contributed by atoms with Crippen LogP contribution in [0.2, 0.25) is 5.02 Å². The molecule has 27 heavy (non-hydrogen) atoms. The maximum Gasteiger partial charge on any atom is 0.335 e. The van der Waals surface area contributed by atoms with Gasteiger partial charge in [0.05, 0.1) is 16.6 Å². The molecule has 4 rings (SSSR count). The van der Waals surface area contributed by atoms with E-state index in [1.165, 1.54) is 0 Å². The standard InChI is InChI=1S/C22H13ClN2O2/c23-18-3-1-2-15(10-18)16-6-9-21-20(11-16)17(12-24)13-25(21)19-7-4-14(5-8-19)22(26)27/h1-11,13H,(H,26,27). The molecule has 3 aromatic carbocycles. The number of hydrogen-bond donors (Lipinski definition) is 1. The summed E-state index contributed by atoms with van der Waals surface area (Å²) in [5.74, 6) is -0.970. The first kappa shape index (κ1) is 16.9. The van der Waals surface area contributed by atoms with Crippen LogP contribution in [-0.4, -0.2) is 15.6 Å². The second kappa shape index (κ2) is 6.64. The Morgan fingerprint density at radius 2 is 1.74 bits per heavy atom. The van der Waals surface area contributed by atoms with E-state index in [9.17, 15) is 10.1 Å². The third-order valence-corrected chi connectivity index (χ3v) is 4.71. The normalized spacial score (nSPS) is 10.7. The number of carboxylic acid groups (broad SMARTS) is 1. The van der Waals surface area contributed by atoms with Crippen molar-refractivity contribution in [1.29, 1.82) is 5.26 Å². The molecular weight excluding hydrogens is 360 g/mol. The van der Waals surface area contributed by atoms with Crippen molar-refractivity contribution in [1.82, 2.24) is 4.57 Å². The van der Waals surface area contributed by atoms with Crippen molar-refractivity contribution in [3.05, 3.63) is 89.1 Å². The predicted molar refractivity (Wildman–Crippen MR) is 105 cm³/mol. The number of aromatic nitrogens is 1. The van der Waals surface area contributed by atoms with E-state index in [0.717, 1.165) is 27.7 Å². The van der Waals surface area contributed by atoms with Gasteiger partial charge in [0.2, 0.25) is 0 Å². The molecule has 0 saturated heterocycles. The van der Waals surface area contributed by atoms with Crippen LogP contribution in [-0.2, 0) is 0 Å². The first-order valence-electron chi connectivity index (χ1n) is 8.22. The lowest BCUT2D eigenvalue weighted by Gasteiger charge is -2.07. The number of fused-ring (bicyclic) bond motifs is 1. The molecular formula is C22H13ClN2O2. The van der Waals surface area contributed by atoms with Gasteiger partial charge in [0, 0.05) is 22.3 Å². The Morgan fingerprint density at radius 3 is 2.41 bits per heavy atom. The van der Waals surface area contributed by atoms with Crippen molar-refractivity contribution in [3.8, 4) is 22.9 Å². The molecule has 0 saturated carbocycles. The summed E-state index contributed by atoms with van der Waals surface area (Å²) in [4.78, 5) is 11.0. The first-order chi connectivity index (χ1) is 13.1. The Labute approximate surface area is 160 Å². The lowest BCUT2D eigenvalue weighted by atomic mass is 10.0. The zero-order chi connectivity index (χ0) is 19.0. The van der Waals surface area contributed by atoms with E-state index in [0.29, 0.717) is 10.6 Å².